The minimum atomic E-state index is -0.177. The Balaban J connectivity index is 1.48. The first-order chi connectivity index (χ1) is 11.9. The van der Waals surface area contributed by atoms with Crippen molar-refractivity contribution >= 4 is 23.4 Å². The van der Waals surface area contributed by atoms with Crippen molar-refractivity contribution in [3.63, 3.8) is 0 Å². The molecule has 0 bridgehead atoms. The summed E-state index contributed by atoms with van der Waals surface area (Å²) in [6.07, 6.45) is 3.61. The molecule has 1 aliphatic heterocycles. The highest BCUT2D eigenvalue weighted by molar-refractivity contribution is 6.30. The molecular weight excluding hydrogens is 336 g/mol. The quantitative estimate of drug-likeness (QED) is 0.872. The maximum atomic E-state index is 12.5. The average Bonchev–Trinajstić information content (AvgIpc) is 3.44. The lowest BCUT2D eigenvalue weighted by Crippen LogP contribution is -2.45. The van der Waals surface area contributed by atoms with Crippen LogP contribution in [0.5, 0.6) is 0 Å². The van der Waals surface area contributed by atoms with Crippen molar-refractivity contribution in [3.8, 4) is 0 Å². The van der Waals surface area contributed by atoms with Gasteiger partial charge in [-0.3, -0.25) is 9.59 Å². The maximum absolute atomic E-state index is 12.5. The zero-order valence-electron chi connectivity index (χ0n) is 15.1. The van der Waals surface area contributed by atoms with Crippen LogP contribution in [0.15, 0.2) is 24.3 Å². The fourth-order valence-electron chi connectivity index (χ4n) is 3.41. The van der Waals surface area contributed by atoms with Crippen LogP contribution in [0.2, 0.25) is 5.02 Å². The maximum Gasteiger partial charge on any atom is 0.225 e. The third kappa shape index (κ3) is 4.55. The number of carbonyl (C=O) groups is 2. The monoisotopic (exact) mass is 362 g/mol. The van der Waals surface area contributed by atoms with Crippen molar-refractivity contribution in [2.24, 2.45) is 11.8 Å². The second-order valence-corrected chi connectivity index (χ2v) is 8.42. The SMILES string of the molecule is CC(C)(CNC(=O)C1CCN(C(=O)C2CC2)CC1)c1cccc(Cl)c1. The van der Waals surface area contributed by atoms with Crippen LogP contribution in [0, 0.1) is 11.8 Å². The average molecular weight is 363 g/mol. The van der Waals surface area contributed by atoms with E-state index in [1.807, 2.05) is 29.2 Å². The van der Waals surface area contributed by atoms with Gasteiger partial charge >= 0.3 is 0 Å². The number of hydrogen-bond acceptors (Lipinski definition) is 2. The summed E-state index contributed by atoms with van der Waals surface area (Å²) < 4.78 is 0. The molecule has 1 aliphatic carbocycles. The highest BCUT2D eigenvalue weighted by Gasteiger charge is 2.36. The molecule has 5 heteroatoms. The van der Waals surface area contributed by atoms with Crippen LogP contribution in [0.25, 0.3) is 0 Å². The highest BCUT2D eigenvalue weighted by atomic mass is 35.5. The van der Waals surface area contributed by atoms with Gasteiger partial charge in [0.05, 0.1) is 0 Å². The molecule has 0 unspecified atom stereocenters. The number of benzene rings is 1. The van der Waals surface area contributed by atoms with Crippen molar-refractivity contribution in [3.05, 3.63) is 34.9 Å². The molecule has 1 saturated heterocycles. The number of hydrogen-bond donors (Lipinski definition) is 1. The molecule has 136 valence electrons. The Hall–Kier alpha value is -1.55. The van der Waals surface area contributed by atoms with E-state index in [1.54, 1.807) is 0 Å². The first-order valence-corrected chi connectivity index (χ1v) is 9.57. The van der Waals surface area contributed by atoms with Gasteiger partial charge in [0.1, 0.15) is 0 Å². The number of nitrogens with zero attached hydrogens (tertiary/aromatic N) is 1. The summed E-state index contributed by atoms with van der Waals surface area (Å²) in [6, 6.07) is 7.79. The molecule has 0 aromatic heterocycles. The number of piperidine rings is 1. The van der Waals surface area contributed by atoms with Crippen molar-refractivity contribution < 1.29 is 9.59 Å². The van der Waals surface area contributed by atoms with Crippen LogP contribution in [0.4, 0.5) is 0 Å². The van der Waals surface area contributed by atoms with Gasteiger partial charge in [0.25, 0.3) is 0 Å². The summed E-state index contributed by atoms with van der Waals surface area (Å²) in [7, 11) is 0. The predicted molar refractivity (Wildman–Crippen MR) is 99.5 cm³/mol. The van der Waals surface area contributed by atoms with E-state index in [2.05, 4.69) is 19.2 Å². The first-order valence-electron chi connectivity index (χ1n) is 9.19. The van der Waals surface area contributed by atoms with Crippen LogP contribution in [0.3, 0.4) is 0 Å². The lowest BCUT2D eigenvalue weighted by atomic mass is 9.84. The van der Waals surface area contributed by atoms with Crippen molar-refractivity contribution in [2.75, 3.05) is 19.6 Å². The van der Waals surface area contributed by atoms with Crippen LogP contribution < -0.4 is 5.32 Å². The first kappa shape index (κ1) is 18.2. The van der Waals surface area contributed by atoms with Crippen molar-refractivity contribution in [1.82, 2.24) is 10.2 Å². The van der Waals surface area contributed by atoms with Gasteiger partial charge in [0, 0.05) is 41.9 Å². The molecule has 25 heavy (non-hydrogen) atoms. The van der Waals surface area contributed by atoms with E-state index in [9.17, 15) is 9.59 Å². The Morgan fingerprint density at radius 3 is 2.44 bits per heavy atom. The molecule has 3 rings (SSSR count). The second-order valence-electron chi connectivity index (χ2n) is 7.99. The minimum absolute atomic E-state index is 0.0124. The molecule has 1 saturated carbocycles. The summed E-state index contributed by atoms with van der Waals surface area (Å²) in [5.74, 6) is 0.678. The molecule has 2 amide bonds. The van der Waals surface area contributed by atoms with Gasteiger partial charge in [-0.15, -0.1) is 0 Å². The molecule has 1 heterocycles. The number of rotatable bonds is 5. The lowest BCUT2D eigenvalue weighted by molar-refractivity contribution is -0.136. The van der Waals surface area contributed by atoms with Gasteiger partial charge in [-0.05, 0) is 43.4 Å². The molecule has 2 fully saturated rings. The fraction of sp³-hybridized carbons (Fsp3) is 0.600. The van der Waals surface area contributed by atoms with Gasteiger partial charge in [0.15, 0.2) is 0 Å². The summed E-state index contributed by atoms with van der Waals surface area (Å²) in [5, 5.41) is 3.82. The van der Waals surface area contributed by atoms with E-state index in [1.165, 1.54) is 0 Å². The smallest absolute Gasteiger partial charge is 0.225 e. The van der Waals surface area contributed by atoms with E-state index < -0.39 is 0 Å². The normalized spacial score (nSPS) is 18.9. The highest BCUT2D eigenvalue weighted by Crippen LogP contribution is 2.32. The van der Waals surface area contributed by atoms with E-state index >= 15 is 0 Å². The number of nitrogens with one attached hydrogen (secondary N) is 1. The Labute approximate surface area is 154 Å². The van der Waals surface area contributed by atoms with E-state index in [0.717, 1.165) is 31.2 Å². The number of amides is 2. The molecule has 0 radical (unpaired) electrons. The van der Waals surface area contributed by atoms with E-state index in [4.69, 9.17) is 11.6 Å². The third-order valence-corrected chi connectivity index (χ3v) is 5.65. The molecule has 4 nitrogen and oxygen atoms in total. The molecule has 1 aromatic rings. The Kier molecular flexibility index (Phi) is 5.38. The zero-order valence-corrected chi connectivity index (χ0v) is 15.8. The summed E-state index contributed by atoms with van der Waals surface area (Å²) >= 11 is 6.08. The number of carbonyl (C=O) groups excluding carboxylic acids is 2. The third-order valence-electron chi connectivity index (χ3n) is 5.41. The zero-order chi connectivity index (χ0) is 18.0. The van der Waals surface area contributed by atoms with Gasteiger partial charge in [0.2, 0.25) is 11.8 Å². The van der Waals surface area contributed by atoms with Crippen LogP contribution in [-0.4, -0.2) is 36.3 Å². The second kappa shape index (κ2) is 7.36. The number of halogens is 1. The van der Waals surface area contributed by atoms with Gasteiger partial charge < -0.3 is 10.2 Å². The van der Waals surface area contributed by atoms with E-state index in [-0.39, 0.29) is 23.2 Å². The molecule has 1 aromatic carbocycles. The largest absolute Gasteiger partial charge is 0.355 e. The predicted octanol–water partition coefficient (Wildman–Crippen LogP) is 3.38. The van der Waals surface area contributed by atoms with Crippen LogP contribution >= 0.6 is 11.6 Å². The Morgan fingerprint density at radius 1 is 1.16 bits per heavy atom. The topological polar surface area (TPSA) is 49.4 Å². The van der Waals surface area contributed by atoms with Crippen LogP contribution in [-0.2, 0) is 15.0 Å². The summed E-state index contributed by atoms with van der Waals surface area (Å²) in [4.78, 5) is 26.6. The van der Waals surface area contributed by atoms with Gasteiger partial charge in [-0.25, -0.2) is 0 Å². The van der Waals surface area contributed by atoms with E-state index in [0.29, 0.717) is 30.6 Å². The fourth-order valence-corrected chi connectivity index (χ4v) is 3.60. The van der Waals surface area contributed by atoms with Gasteiger partial charge in [-0.2, -0.15) is 0 Å². The molecular formula is C20H27ClN2O2. The standard InChI is InChI=1S/C20H27ClN2O2/c1-20(2,16-4-3-5-17(21)12-16)13-22-18(24)14-8-10-23(11-9-14)19(25)15-6-7-15/h3-5,12,14-15H,6-11,13H2,1-2H3,(H,22,24). The van der Waals surface area contributed by atoms with Crippen LogP contribution in [0.1, 0.15) is 45.1 Å². The van der Waals surface area contributed by atoms with Gasteiger partial charge in [-0.1, -0.05) is 37.6 Å². The molecule has 0 atom stereocenters. The lowest BCUT2D eigenvalue weighted by Gasteiger charge is -2.32. The molecule has 0 spiro atoms. The minimum Gasteiger partial charge on any atom is -0.355 e. The Bertz CT molecular complexity index is 647. The number of likely N-dealkylation sites (tertiary alicyclic amines) is 1. The summed E-state index contributed by atoms with van der Waals surface area (Å²) in [6.45, 7) is 6.22. The molecule has 1 N–H and O–H groups in total. The Morgan fingerprint density at radius 2 is 1.84 bits per heavy atom. The summed E-state index contributed by atoms with van der Waals surface area (Å²) in [5.41, 5.74) is 0.938. The van der Waals surface area contributed by atoms with Crippen molar-refractivity contribution in [1.29, 1.82) is 0 Å². The molecule has 2 aliphatic rings. The van der Waals surface area contributed by atoms with Crippen molar-refractivity contribution in [2.45, 2.75) is 44.9 Å².